The van der Waals surface area contributed by atoms with Gasteiger partial charge in [-0.2, -0.15) is 11.8 Å². The largest absolute Gasteiger partial charge is 0.464 e. The van der Waals surface area contributed by atoms with Crippen LogP contribution in [-0.2, 0) is 17.1 Å². The van der Waals surface area contributed by atoms with Gasteiger partial charge in [0, 0.05) is 6.04 Å². The predicted molar refractivity (Wildman–Crippen MR) is 75.5 cm³/mol. The Hall–Kier alpha value is -0.940. The molecule has 0 saturated carbocycles. The highest BCUT2D eigenvalue weighted by molar-refractivity contribution is 7.97. The van der Waals surface area contributed by atoms with Crippen molar-refractivity contribution < 1.29 is 9.21 Å². The SMILES string of the molecule is CSCc1ccc(CNC(C)C(=O)NC(C)C)o1. The Morgan fingerprint density at radius 1 is 1.33 bits per heavy atom. The summed E-state index contributed by atoms with van der Waals surface area (Å²) in [5.74, 6) is 2.73. The molecule has 18 heavy (non-hydrogen) atoms. The number of hydrogen-bond acceptors (Lipinski definition) is 4. The molecule has 4 nitrogen and oxygen atoms in total. The quantitative estimate of drug-likeness (QED) is 0.797. The fourth-order valence-corrected chi connectivity index (χ4v) is 1.93. The van der Waals surface area contributed by atoms with Crippen LogP contribution in [0.25, 0.3) is 0 Å². The second-order valence-electron chi connectivity index (χ2n) is 4.57. The third-order valence-corrected chi connectivity index (χ3v) is 2.98. The maximum absolute atomic E-state index is 11.7. The third-order valence-electron chi connectivity index (χ3n) is 2.41. The maximum atomic E-state index is 11.7. The average Bonchev–Trinajstić information content (AvgIpc) is 2.73. The Kier molecular flexibility index (Phi) is 6.29. The summed E-state index contributed by atoms with van der Waals surface area (Å²) in [7, 11) is 0. The van der Waals surface area contributed by atoms with Gasteiger partial charge in [-0.05, 0) is 39.2 Å². The number of thioether (sulfide) groups is 1. The van der Waals surface area contributed by atoms with Gasteiger partial charge in [0.25, 0.3) is 0 Å². The van der Waals surface area contributed by atoms with Gasteiger partial charge in [0.05, 0.1) is 18.3 Å². The second kappa shape index (κ2) is 7.48. The molecule has 0 aliphatic rings. The van der Waals surface area contributed by atoms with E-state index in [1.54, 1.807) is 11.8 Å². The molecule has 0 bridgehead atoms. The minimum Gasteiger partial charge on any atom is -0.464 e. The van der Waals surface area contributed by atoms with Gasteiger partial charge in [-0.3, -0.25) is 10.1 Å². The Bertz CT molecular complexity index is 377. The fraction of sp³-hybridized carbons (Fsp3) is 0.615. The molecule has 2 N–H and O–H groups in total. The average molecular weight is 270 g/mol. The van der Waals surface area contributed by atoms with Crippen molar-refractivity contribution in [1.29, 1.82) is 0 Å². The summed E-state index contributed by atoms with van der Waals surface area (Å²) < 4.78 is 5.62. The van der Waals surface area contributed by atoms with Gasteiger partial charge in [-0.1, -0.05) is 0 Å². The molecule has 0 saturated heterocycles. The smallest absolute Gasteiger partial charge is 0.237 e. The zero-order valence-electron chi connectivity index (χ0n) is 11.4. The Morgan fingerprint density at radius 2 is 2.00 bits per heavy atom. The van der Waals surface area contributed by atoms with Crippen LogP contribution in [0.5, 0.6) is 0 Å². The lowest BCUT2D eigenvalue weighted by molar-refractivity contribution is -0.123. The van der Waals surface area contributed by atoms with Crippen LogP contribution in [0.2, 0.25) is 0 Å². The minimum absolute atomic E-state index is 0.0147. The highest BCUT2D eigenvalue weighted by Gasteiger charge is 2.13. The molecule has 1 aromatic rings. The van der Waals surface area contributed by atoms with Crippen molar-refractivity contribution in [3.8, 4) is 0 Å². The van der Waals surface area contributed by atoms with E-state index in [9.17, 15) is 4.79 Å². The topological polar surface area (TPSA) is 54.3 Å². The molecule has 0 aliphatic carbocycles. The lowest BCUT2D eigenvalue weighted by atomic mass is 10.2. The molecule has 0 fully saturated rings. The zero-order chi connectivity index (χ0) is 13.5. The van der Waals surface area contributed by atoms with Crippen LogP contribution in [0, 0.1) is 0 Å². The van der Waals surface area contributed by atoms with Gasteiger partial charge in [-0.15, -0.1) is 0 Å². The van der Waals surface area contributed by atoms with E-state index in [0.717, 1.165) is 17.3 Å². The molecule has 0 radical (unpaired) electrons. The molecule has 102 valence electrons. The van der Waals surface area contributed by atoms with Gasteiger partial charge in [0.1, 0.15) is 11.5 Å². The van der Waals surface area contributed by atoms with Gasteiger partial charge < -0.3 is 9.73 Å². The first-order chi connectivity index (χ1) is 8.52. The molecule has 1 heterocycles. The van der Waals surface area contributed by atoms with Crippen LogP contribution in [-0.4, -0.2) is 24.2 Å². The van der Waals surface area contributed by atoms with E-state index in [2.05, 4.69) is 10.6 Å². The van der Waals surface area contributed by atoms with E-state index in [1.807, 2.05) is 39.2 Å². The molecular formula is C13H22N2O2S. The van der Waals surface area contributed by atoms with Crippen molar-refractivity contribution in [2.45, 2.75) is 45.2 Å². The number of hydrogen-bond donors (Lipinski definition) is 2. The van der Waals surface area contributed by atoms with Crippen molar-refractivity contribution in [2.24, 2.45) is 0 Å². The van der Waals surface area contributed by atoms with E-state index >= 15 is 0 Å². The van der Waals surface area contributed by atoms with Crippen molar-refractivity contribution in [2.75, 3.05) is 6.26 Å². The van der Waals surface area contributed by atoms with Crippen LogP contribution in [0.4, 0.5) is 0 Å². The Balaban J connectivity index is 2.37. The second-order valence-corrected chi connectivity index (χ2v) is 5.43. The summed E-state index contributed by atoms with van der Waals surface area (Å²) in [6, 6.07) is 3.87. The molecule has 1 unspecified atom stereocenters. The molecule has 1 rings (SSSR count). The first-order valence-electron chi connectivity index (χ1n) is 6.13. The number of rotatable bonds is 7. The van der Waals surface area contributed by atoms with Crippen LogP contribution in [0.1, 0.15) is 32.3 Å². The van der Waals surface area contributed by atoms with E-state index in [4.69, 9.17) is 4.42 Å². The van der Waals surface area contributed by atoms with Crippen LogP contribution in [0.15, 0.2) is 16.5 Å². The van der Waals surface area contributed by atoms with Crippen molar-refractivity contribution in [3.63, 3.8) is 0 Å². The summed E-state index contributed by atoms with van der Waals surface area (Å²) in [5, 5.41) is 6.02. The van der Waals surface area contributed by atoms with Gasteiger partial charge in [-0.25, -0.2) is 0 Å². The summed E-state index contributed by atoms with van der Waals surface area (Å²) in [6.07, 6.45) is 2.04. The predicted octanol–water partition coefficient (Wildman–Crippen LogP) is 2.15. The molecule has 0 aliphatic heterocycles. The highest BCUT2D eigenvalue weighted by Crippen LogP contribution is 2.13. The number of amides is 1. The zero-order valence-corrected chi connectivity index (χ0v) is 12.3. The summed E-state index contributed by atoms with van der Waals surface area (Å²) in [6.45, 7) is 6.32. The summed E-state index contributed by atoms with van der Waals surface area (Å²) >= 11 is 1.73. The third kappa shape index (κ3) is 5.14. The van der Waals surface area contributed by atoms with Gasteiger partial charge in [0.2, 0.25) is 5.91 Å². The van der Waals surface area contributed by atoms with Gasteiger partial charge >= 0.3 is 0 Å². The van der Waals surface area contributed by atoms with Crippen LogP contribution < -0.4 is 10.6 Å². The van der Waals surface area contributed by atoms with Crippen LogP contribution in [0.3, 0.4) is 0 Å². The monoisotopic (exact) mass is 270 g/mol. The lowest BCUT2D eigenvalue weighted by Crippen LogP contribution is -2.44. The van der Waals surface area contributed by atoms with Crippen LogP contribution >= 0.6 is 11.8 Å². The normalized spacial score (nSPS) is 12.7. The van der Waals surface area contributed by atoms with E-state index in [1.165, 1.54) is 0 Å². The van der Waals surface area contributed by atoms with E-state index < -0.39 is 0 Å². The van der Waals surface area contributed by atoms with E-state index in [-0.39, 0.29) is 18.0 Å². The molecule has 0 aromatic carbocycles. The summed E-state index contributed by atoms with van der Waals surface area (Å²) in [4.78, 5) is 11.7. The maximum Gasteiger partial charge on any atom is 0.237 e. The molecule has 1 aromatic heterocycles. The molecule has 0 spiro atoms. The van der Waals surface area contributed by atoms with Gasteiger partial charge in [0.15, 0.2) is 0 Å². The highest BCUT2D eigenvalue weighted by atomic mass is 32.2. The molecule has 5 heteroatoms. The minimum atomic E-state index is -0.221. The molecular weight excluding hydrogens is 248 g/mol. The lowest BCUT2D eigenvalue weighted by Gasteiger charge is -2.15. The number of carbonyl (C=O) groups excluding carboxylic acids is 1. The van der Waals surface area contributed by atoms with Crippen molar-refractivity contribution in [3.05, 3.63) is 23.7 Å². The first-order valence-corrected chi connectivity index (χ1v) is 7.52. The fourth-order valence-electron chi connectivity index (χ4n) is 1.49. The Labute approximate surface area is 113 Å². The first kappa shape index (κ1) is 15.1. The summed E-state index contributed by atoms with van der Waals surface area (Å²) in [5.41, 5.74) is 0. The Morgan fingerprint density at radius 3 is 2.61 bits per heavy atom. The molecule has 1 atom stereocenters. The van der Waals surface area contributed by atoms with Crippen molar-refractivity contribution >= 4 is 17.7 Å². The standard InChI is InChI=1S/C13H22N2O2S/c1-9(2)15-13(16)10(3)14-7-11-5-6-12(17-11)8-18-4/h5-6,9-10,14H,7-8H2,1-4H3,(H,15,16). The number of carbonyl (C=O) groups is 1. The van der Waals surface area contributed by atoms with E-state index in [0.29, 0.717) is 6.54 Å². The number of nitrogens with one attached hydrogen (secondary N) is 2. The van der Waals surface area contributed by atoms with Crippen molar-refractivity contribution in [1.82, 2.24) is 10.6 Å². The number of furan rings is 1. The molecule has 1 amide bonds.